The maximum Gasteiger partial charge on any atom is 0.328 e. The van der Waals surface area contributed by atoms with Crippen LogP contribution in [0.15, 0.2) is 30.6 Å². The number of nitrogens with zero attached hydrogens (tertiary/aromatic N) is 4. The fraction of sp³-hybridized carbons (Fsp3) is 0.458. The third kappa shape index (κ3) is 3.92. The van der Waals surface area contributed by atoms with E-state index >= 15 is 0 Å². The highest BCUT2D eigenvalue weighted by molar-refractivity contribution is 5.94. The maximum atomic E-state index is 13.0. The number of hydrogen-bond acceptors (Lipinski definition) is 8. The molecule has 4 heterocycles. The molecule has 3 aromatic rings. The molecule has 2 atom stereocenters. The number of pyridine rings is 1. The van der Waals surface area contributed by atoms with Gasteiger partial charge in [-0.3, -0.25) is 0 Å². The van der Waals surface area contributed by atoms with E-state index in [2.05, 4.69) is 44.0 Å². The van der Waals surface area contributed by atoms with Crippen molar-refractivity contribution >= 4 is 40.1 Å². The van der Waals surface area contributed by atoms with E-state index in [1.807, 2.05) is 13.1 Å². The van der Waals surface area contributed by atoms with E-state index in [-0.39, 0.29) is 18.2 Å². The second-order valence-electron chi connectivity index (χ2n) is 9.04. The molecule has 1 aliphatic carbocycles. The fourth-order valence-electron chi connectivity index (χ4n) is 4.82. The maximum absolute atomic E-state index is 13.0. The highest BCUT2D eigenvalue weighted by Crippen LogP contribution is 2.31. The summed E-state index contributed by atoms with van der Waals surface area (Å²) in [5.41, 5.74) is 5.10. The average molecular weight is 464 g/mol. The number of aromatic nitrogens is 3. The largest absolute Gasteiger partial charge is 0.386 e. The molecule has 4 bridgehead atoms. The van der Waals surface area contributed by atoms with Crippen LogP contribution >= 0.6 is 0 Å². The second-order valence-corrected chi connectivity index (χ2v) is 9.04. The van der Waals surface area contributed by atoms with E-state index in [4.69, 9.17) is 14.5 Å². The highest BCUT2D eigenvalue weighted by atomic mass is 16.5. The van der Waals surface area contributed by atoms with Gasteiger partial charge in [0, 0.05) is 44.2 Å². The van der Waals surface area contributed by atoms with Crippen molar-refractivity contribution in [2.45, 2.75) is 38.0 Å². The van der Waals surface area contributed by atoms with Crippen molar-refractivity contribution in [3.63, 3.8) is 0 Å². The number of hydrogen-bond donors (Lipinski definition) is 3. The Morgan fingerprint density at radius 1 is 1.15 bits per heavy atom. The van der Waals surface area contributed by atoms with Gasteiger partial charge in [0.15, 0.2) is 5.65 Å². The van der Waals surface area contributed by atoms with Crippen LogP contribution in [0.3, 0.4) is 0 Å². The molecule has 0 spiro atoms. The van der Waals surface area contributed by atoms with Gasteiger partial charge >= 0.3 is 6.03 Å². The Morgan fingerprint density at radius 3 is 2.94 bits per heavy atom. The van der Waals surface area contributed by atoms with Crippen LogP contribution in [0, 0.1) is 0 Å². The Kier molecular flexibility index (Phi) is 5.46. The van der Waals surface area contributed by atoms with Gasteiger partial charge in [-0.1, -0.05) is 0 Å². The molecule has 1 amide bonds. The first-order valence-electron chi connectivity index (χ1n) is 11.9. The lowest BCUT2D eigenvalue weighted by molar-refractivity contribution is -0.0323. The van der Waals surface area contributed by atoms with E-state index in [9.17, 15) is 4.79 Å². The molecule has 1 saturated heterocycles. The minimum absolute atomic E-state index is 0.00952. The Labute approximate surface area is 197 Å². The summed E-state index contributed by atoms with van der Waals surface area (Å²) in [6.07, 6.45) is 4.34. The summed E-state index contributed by atoms with van der Waals surface area (Å²) < 4.78 is 13.4. The standard InChI is InChI=1S/C24H29N7O3/c1-25-19-12-21-27-16-9-15(10-17(11-16)30-5-2-7-33-8-6-30)13-34-20-4-3-18(20)28-24(32)31-14-26-22(19)23(31)29-21/h9-12,14,18,20H,2-8,13H2,1H3,(H,28,32)(H2,25,27,29)/t18-,20-/m1/s1. The number of anilines is 4. The summed E-state index contributed by atoms with van der Waals surface area (Å²) in [6, 6.07) is 8.09. The van der Waals surface area contributed by atoms with Crippen LogP contribution in [-0.2, 0) is 16.1 Å². The van der Waals surface area contributed by atoms with Crippen molar-refractivity contribution in [3.8, 4) is 0 Å². The first-order valence-corrected chi connectivity index (χ1v) is 11.9. The third-order valence-electron chi connectivity index (χ3n) is 6.81. The van der Waals surface area contributed by atoms with Crippen molar-refractivity contribution in [3.05, 3.63) is 36.2 Å². The monoisotopic (exact) mass is 463 g/mol. The number of fused-ring (bicyclic) bond motifs is 4. The van der Waals surface area contributed by atoms with Crippen LogP contribution in [0.5, 0.6) is 0 Å². The topological polar surface area (TPSA) is 106 Å². The van der Waals surface area contributed by atoms with Crippen LogP contribution in [0.1, 0.15) is 24.8 Å². The summed E-state index contributed by atoms with van der Waals surface area (Å²) in [4.78, 5) is 24.6. The number of amides is 1. The Morgan fingerprint density at radius 2 is 2.09 bits per heavy atom. The minimum Gasteiger partial charge on any atom is -0.386 e. The van der Waals surface area contributed by atoms with Gasteiger partial charge in [0.25, 0.3) is 0 Å². The van der Waals surface area contributed by atoms with Gasteiger partial charge in [0.05, 0.1) is 31.0 Å². The molecule has 0 radical (unpaired) electrons. The highest BCUT2D eigenvalue weighted by Gasteiger charge is 2.34. The van der Waals surface area contributed by atoms with Gasteiger partial charge in [-0.15, -0.1) is 0 Å². The summed E-state index contributed by atoms with van der Waals surface area (Å²) in [6.45, 7) is 3.81. The van der Waals surface area contributed by atoms with Gasteiger partial charge < -0.3 is 30.3 Å². The molecule has 1 aromatic carbocycles. The Balaban J connectivity index is 1.44. The van der Waals surface area contributed by atoms with E-state index in [1.165, 1.54) is 10.9 Å². The molecular weight excluding hydrogens is 434 g/mol. The summed E-state index contributed by atoms with van der Waals surface area (Å²) >= 11 is 0. The van der Waals surface area contributed by atoms with Crippen LogP contribution in [-0.4, -0.2) is 66.1 Å². The van der Waals surface area contributed by atoms with Gasteiger partial charge in [-0.25, -0.2) is 19.3 Å². The van der Waals surface area contributed by atoms with Gasteiger partial charge in [-0.2, -0.15) is 0 Å². The van der Waals surface area contributed by atoms with E-state index in [0.717, 1.165) is 68.2 Å². The van der Waals surface area contributed by atoms with Crippen molar-refractivity contribution < 1.29 is 14.3 Å². The number of carbonyl (C=O) groups excluding carboxylic acids is 1. The Bertz CT molecular complexity index is 1220. The van der Waals surface area contributed by atoms with Crippen LogP contribution in [0.25, 0.3) is 11.2 Å². The molecule has 2 aliphatic heterocycles. The molecule has 10 heteroatoms. The molecule has 178 valence electrons. The lowest BCUT2D eigenvalue weighted by Crippen LogP contribution is -2.52. The number of nitrogens with one attached hydrogen (secondary N) is 3. The molecule has 1 saturated carbocycles. The molecule has 10 nitrogen and oxygen atoms in total. The average Bonchev–Trinajstić information content (AvgIpc) is 3.06. The zero-order chi connectivity index (χ0) is 23.1. The quantitative estimate of drug-likeness (QED) is 0.533. The summed E-state index contributed by atoms with van der Waals surface area (Å²) in [5, 5.41) is 9.73. The summed E-state index contributed by atoms with van der Waals surface area (Å²) in [7, 11) is 1.84. The van der Waals surface area contributed by atoms with Gasteiger partial charge in [-0.05, 0) is 43.0 Å². The predicted octanol–water partition coefficient (Wildman–Crippen LogP) is 3.06. The van der Waals surface area contributed by atoms with Crippen molar-refractivity contribution in [2.75, 3.05) is 48.9 Å². The molecule has 34 heavy (non-hydrogen) atoms. The van der Waals surface area contributed by atoms with E-state index in [1.54, 1.807) is 0 Å². The van der Waals surface area contributed by atoms with Crippen LogP contribution < -0.4 is 20.9 Å². The van der Waals surface area contributed by atoms with Crippen LogP contribution in [0.2, 0.25) is 0 Å². The van der Waals surface area contributed by atoms with E-state index < -0.39 is 0 Å². The Hall–Kier alpha value is -3.37. The number of rotatable bonds is 2. The lowest BCUT2D eigenvalue weighted by Gasteiger charge is -2.37. The normalized spacial score (nSPS) is 22.7. The smallest absolute Gasteiger partial charge is 0.328 e. The van der Waals surface area contributed by atoms with E-state index in [0.29, 0.717) is 23.6 Å². The number of benzene rings is 1. The zero-order valence-electron chi connectivity index (χ0n) is 19.2. The predicted molar refractivity (Wildman–Crippen MR) is 130 cm³/mol. The molecular formula is C24H29N7O3. The van der Waals surface area contributed by atoms with Gasteiger partial charge in [0.2, 0.25) is 0 Å². The zero-order valence-corrected chi connectivity index (χ0v) is 19.2. The molecule has 2 aromatic heterocycles. The SMILES string of the molecule is CNc1cc2nc3c1ncn3C(=O)N[C@@H]1CC[C@H]1OCc1cc(cc(N3CCCOCC3)c1)N2. The van der Waals surface area contributed by atoms with Gasteiger partial charge in [0.1, 0.15) is 17.7 Å². The summed E-state index contributed by atoms with van der Waals surface area (Å²) in [5.74, 6) is 0.633. The molecule has 6 rings (SSSR count). The van der Waals surface area contributed by atoms with Crippen molar-refractivity contribution in [1.29, 1.82) is 0 Å². The second kappa shape index (κ2) is 8.77. The third-order valence-corrected chi connectivity index (χ3v) is 6.81. The fourth-order valence-corrected chi connectivity index (χ4v) is 4.82. The molecule has 0 unspecified atom stereocenters. The minimum atomic E-state index is -0.242. The number of imidazole rings is 1. The number of ether oxygens (including phenoxy) is 2. The molecule has 2 fully saturated rings. The first kappa shape index (κ1) is 21.2. The first-order chi connectivity index (χ1) is 16.7. The van der Waals surface area contributed by atoms with Crippen molar-refractivity contribution in [2.24, 2.45) is 0 Å². The molecule has 3 N–H and O–H groups in total. The van der Waals surface area contributed by atoms with Crippen molar-refractivity contribution in [1.82, 2.24) is 19.9 Å². The number of carbonyl (C=O) groups is 1. The molecule has 3 aliphatic rings. The lowest BCUT2D eigenvalue weighted by atomic mass is 9.89. The van der Waals surface area contributed by atoms with Crippen LogP contribution in [0.4, 0.5) is 27.7 Å².